The predicted octanol–water partition coefficient (Wildman–Crippen LogP) is 2.47. The van der Waals surface area contributed by atoms with Gasteiger partial charge >= 0.3 is 0 Å². The Balaban J connectivity index is 1.88. The van der Waals surface area contributed by atoms with Gasteiger partial charge in [-0.3, -0.25) is 9.59 Å². The summed E-state index contributed by atoms with van der Waals surface area (Å²) in [5.41, 5.74) is 2.19. The van der Waals surface area contributed by atoms with Crippen molar-refractivity contribution in [3.05, 3.63) is 46.8 Å². The molecule has 0 saturated carbocycles. The standard InChI is InChI=1S/C19H25N3O4/c1-5-22(6-2)18(23)11-20-19(24)15-7-9-16(10-8-15)25-12-17-13(3)21-26-14(17)4/h7-10H,5-6,11-12H2,1-4H3,(H,20,24). The van der Waals surface area contributed by atoms with E-state index in [1.807, 2.05) is 27.7 Å². The van der Waals surface area contributed by atoms with Crippen LogP contribution in [0.15, 0.2) is 28.8 Å². The average molecular weight is 359 g/mol. The lowest BCUT2D eigenvalue weighted by Gasteiger charge is -2.18. The minimum absolute atomic E-state index is 0.00912. The number of carbonyl (C=O) groups excluding carboxylic acids is 2. The highest BCUT2D eigenvalue weighted by atomic mass is 16.5. The molecular weight excluding hydrogens is 334 g/mol. The maximum atomic E-state index is 12.2. The molecule has 140 valence electrons. The van der Waals surface area contributed by atoms with Gasteiger partial charge in [-0.15, -0.1) is 0 Å². The van der Waals surface area contributed by atoms with Crippen molar-refractivity contribution in [2.45, 2.75) is 34.3 Å². The van der Waals surface area contributed by atoms with Crippen LogP contribution in [0.3, 0.4) is 0 Å². The van der Waals surface area contributed by atoms with Gasteiger partial charge in [0, 0.05) is 18.7 Å². The molecule has 2 rings (SSSR count). The number of nitrogens with zero attached hydrogens (tertiary/aromatic N) is 2. The summed E-state index contributed by atoms with van der Waals surface area (Å²) < 4.78 is 10.8. The van der Waals surface area contributed by atoms with Crippen molar-refractivity contribution in [1.29, 1.82) is 0 Å². The summed E-state index contributed by atoms with van der Waals surface area (Å²) in [6, 6.07) is 6.78. The SMILES string of the molecule is CCN(CC)C(=O)CNC(=O)c1ccc(OCc2c(C)noc2C)cc1. The molecule has 0 radical (unpaired) electrons. The second kappa shape index (κ2) is 9.03. The Morgan fingerprint density at radius 1 is 1.15 bits per heavy atom. The van der Waals surface area contributed by atoms with Crippen LogP contribution in [-0.2, 0) is 11.4 Å². The van der Waals surface area contributed by atoms with E-state index in [0.717, 1.165) is 17.0 Å². The van der Waals surface area contributed by atoms with E-state index in [0.29, 0.717) is 31.0 Å². The van der Waals surface area contributed by atoms with E-state index < -0.39 is 0 Å². The number of hydrogen-bond donors (Lipinski definition) is 1. The minimum atomic E-state index is -0.289. The molecule has 0 unspecified atom stereocenters. The fourth-order valence-corrected chi connectivity index (χ4v) is 2.51. The molecule has 7 nitrogen and oxygen atoms in total. The maximum absolute atomic E-state index is 12.2. The van der Waals surface area contributed by atoms with Gasteiger partial charge in [-0.25, -0.2) is 0 Å². The van der Waals surface area contributed by atoms with E-state index in [9.17, 15) is 9.59 Å². The molecule has 7 heteroatoms. The zero-order valence-corrected chi connectivity index (χ0v) is 15.7. The highest BCUT2D eigenvalue weighted by Gasteiger charge is 2.13. The maximum Gasteiger partial charge on any atom is 0.251 e. The molecule has 1 N–H and O–H groups in total. The number of likely N-dealkylation sites (N-methyl/N-ethyl adjacent to an activating group) is 1. The van der Waals surface area contributed by atoms with Crippen LogP contribution in [0, 0.1) is 13.8 Å². The number of nitrogens with one attached hydrogen (secondary N) is 1. The summed E-state index contributed by atoms with van der Waals surface area (Å²) in [5.74, 6) is 0.989. The van der Waals surface area contributed by atoms with Crippen LogP contribution in [0.5, 0.6) is 5.75 Å². The monoisotopic (exact) mass is 359 g/mol. The lowest BCUT2D eigenvalue weighted by atomic mass is 10.2. The molecule has 0 atom stereocenters. The quantitative estimate of drug-likeness (QED) is 0.783. The van der Waals surface area contributed by atoms with Crippen molar-refractivity contribution in [2.24, 2.45) is 0 Å². The second-order valence-electron chi connectivity index (χ2n) is 5.86. The zero-order chi connectivity index (χ0) is 19.1. The highest BCUT2D eigenvalue weighted by Crippen LogP contribution is 2.17. The van der Waals surface area contributed by atoms with E-state index in [1.54, 1.807) is 29.2 Å². The van der Waals surface area contributed by atoms with Crippen molar-refractivity contribution in [3.8, 4) is 5.75 Å². The third-order valence-electron chi connectivity index (χ3n) is 4.20. The van der Waals surface area contributed by atoms with Crippen LogP contribution in [0.4, 0.5) is 0 Å². The van der Waals surface area contributed by atoms with Crippen LogP contribution >= 0.6 is 0 Å². The van der Waals surface area contributed by atoms with E-state index in [4.69, 9.17) is 9.26 Å². The van der Waals surface area contributed by atoms with Crippen molar-refractivity contribution in [1.82, 2.24) is 15.4 Å². The molecule has 0 aliphatic heterocycles. The molecule has 2 amide bonds. The fourth-order valence-electron chi connectivity index (χ4n) is 2.51. The van der Waals surface area contributed by atoms with Crippen LogP contribution < -0.4 is 10.1 Å². The number of hydrogen-bond acceptors (Lipinski definition) is 5. The first-order valence-corrected chi connectivity index (χ1v) is 8.66. The van der Waals surface area contributed by atoms with Gasteiger partial charge in [0.1, 0.15) is 18.1 Å². The lowest BCUT2D eigenvalue weighted by Crippen LogP contribution is -2.39. The Morgan fingerprint density at radius 2 is 1.81 bits per heavy atom. The number of aryl methyl sites for hydroxylation is 2. The summed E-state index contributed by atoms with van der Waals surface area (Å²) in [5, 5.41) is 6.53. The highest BCUT2D eigenvalue weighted by molar-refractivity contribution is 5.96. The van der Waals surface area contributed by atoms with E-state index in [2.05, 4.69) is 10.5 Å². The van der Waals surface area contributed by atoms with E-state index >= 15 is 0 Å². The Hall–Kier alpha value is -2.83. The Kier molecular flexibility index (Phi) is 6.77. The molecule has 0 aliphatic carbocycles. The van der Waals surface area contributed by atoms with Crippen molar-refractivity contribution < 1.29 is 18.8 Å². The summed E-state index contributed by atoms with van der Waals surface area (Å²) in [6.07, 6.45) is 0. The van der Waals surface area contributed by atoms with Crippen LogP contribution in [0.1, 0.15) is 41.2 Å². The third kappa shape index (κ3) is 4.84. The van der Waals surface area contributed by atoms with Gasteiger partial charge in [-0.1, -0.05) is 5.16 Å². The summed E-state index contributed by atoms with van der Waals surface area (Å²) in [7, 11) is 0. The number of rotatable bonds is 8. The Morgan fingerprint density at radius 3 is 2.35 bits per heavy atom. The molecule has 1 aromatic heterocycles. The van der Waals surface area contributed by atoms with Gasteiger partial charge < -0.3 is 19.5 Å². The van der Waals surface area contributed by atoms with Crippen molar-refractivity contribution in [3.63, 3.8) is 0 Å². The molecule has 0 fully saturated rings. The molecule has 0 saturated heterocycles. The van der Waals surface area contributed by atoms with Crippen molar-refractivity contribution >= 4 is 11.8 Å². The van der Waals surface area contributed by atoms with Crippen LogP contribution in [0.2, 0.25) is 0 Å². The van der Waals surface area contributed by atoms with Gasteiger partial charge in [0.05, 0.1) is 17.8 Å². The molecule has 0 spiro atoms. The topological polar surface area (TPSA) is 84.7 Å². The van der Waals surface area contributed by atoms with Crippen LogP contribution in [-0.4, -0.2) is 41.5 Å². The average Bonchev–Trinajstić information content (AvgIpc) is 2.97. The zero-order valence-electron chi connectivity index (χ0n) is 15.7. The first-order chi connectivity index (χ1) is 12.5. The molecule has 0 bridgehead atoms. The number of aromatic nitrogens is 1. The van der Waals surface area contributed by atoms with E-state index in [1.165, 1.54) is 0 Å². The molecule has 2 aromatic rings. The molecule has 1 heterocycles. The number of carbonyl (C=O) groups is 2. The minimum Gasteiger partial charge on any atom is -0.489 e. The van der Waals surface area contributed by atoms with Gasteiger partial charge in [0.15, 0.2) is 0 Å². The molecule has 26 heavy (non-hydrogen) atoms. The van der Waals surface area contributed by atoms with Gasteiger partial charge in [0.2, 0.25) is 5.91 Å². The molecular formula is C19H25N3O4. The first kappa shape index (κ1) is 19.5. The second-order valence-corrected chi connectivity index (χ2v) is 5.86. The Bertz CT molecular complexity index is 729. The molecule has 0 aliphatic rings. The molecule has 1 aromatic carbocycles. The first-order valence-electron chi connectivity index (χ1n) is 8.66. The lowest BCUT2D eigenvalue weighted by molar-refractivity contribution is -0.129. The third-order valence-corrected chi connectivity index (χ3v) is 4.20. The largest absolute Gasteiger partial charge is 0.489 e. The number of amides is 2. The summed E-state index contributed by atoms with van der Waals surface area (Å²) in [6.45, 7) is 9.11. The van der Waals surface area contributed by atoms with E-state index in [-0.39, 0.29) is 18.4 Å². The normalized spacial score (nSPS) is 10.5. The summed E-state index contributed by atoms with van der Waals surface area (Å²) in [4.78, 5) is 25.7. The van der Waals surface area contributed by atoms with Gasteiger partial charge in [-0.05, 0) is 52.0 Å². The predicted molar refractivity (Wildman–Crippen MR) is 97.0 cm³/mol. The summed E-state index contributed by atoms with van der Waals surface area (Å²) >= 11 is 0. The Labute approximate surface area is 153 Å². The van der Waals surface area contributed by atoms with Gasteiger partial charge in [0.25, 0.3) is 5.91 Å². The van der Waals surface area contributed by atoms with Gasteiger partial charge in [-0.2, -0.15) is 0 Å². The fraction of sp³-hybridized carbons (Fsp3) is 0.421. The number of benzene rings is 1. The van der Waals surface area contributed by atoms with Crippen molar-refractivity contribution in [2.75, 3.05) is 19.6 Å². The smallest absolute Gasteiger partial charge is 0.251 e. The van der Waals surface area contributed by atoms with Crippen LogP contribution in [0.25, 0.3) is 0 Å². The number of ether oxygens (including phenoxy) is 1.